The zero-order chi connectivity index (χ0) is 14.6. The summed E-state index contributed by atoms with van der Waals surface area (Å²) < 4.78 is 0. The first-order valence-corrected chi connectivity index (χ1v) is 5.94. The third-order valence-electron chi connectivity index (χ3n) is 2.56. The van der Waals surface area contributed by atoms with Gasteiger partial charge in [0.25, 0.3) is 0 Å². The van der Waals surface area contributed by atoms with Gasteiger partial charge in [-0.15, -0.1) is 0 Å². The van der Waals surface area contributed by atoms with E-state index in [0.717, 1.165) is 0 Å². The van der Waals surface area contributed by atoms with E-state index in [1.807, 2.05) is 13.8 Å². The number of carboxylic acid groups (broad SMARTS) is 1. The summed E-state index contributed by atoms with van der Waals surface area (Å²) in [6.45, 7) is 3.91. The summed E-state index contributed by atoms with van der Waals surface area (Å²) >= 11 is 0. The van der Waals surface area contributed by atoms with Gasteiger partial charge in [-0.2, -0.15) is 0 Å². The molecule has 1 atom stereocenters. The summed E-state index contributed by atoms with van der Waals surface area (Å²) in [5.74, 6) is -1.71. The molecule has 6 heteroatoms. The van der Waals surface area contributed by atoms with E-state index in [1.54, 1.807) is 0 Å². The molecule has 1 amide bonds. The number of carbonyl (C=O) groups is 2. The maximum absolute atomic E-state index is 11.8. The molecular weight excluding hydrogens is 248 g/mol. The second-order valence-corrected chi connectivity index (χ2v) is 4.76. The van der Waals surface area contributed by atoms with Crippen molar-refractivity contribution >= 4 is 17.6 Å². The van der Waals surface area contributed by atoms with Gasteiger partial charge in [0.1, 0.15) is 11.3 Å². The topological polar surface area (TPSA) is 113 Å². The van der Waals surface area contributed by atoms with E-state index in [-0.39, 0.29) is 23.1 Å². The highest BCUT2D eigenvalue weighted by Gasteiger charge is 2.16. The molecule has 0 unspecified atom stereocenters. The van der Waals surface area contributed by atoms with Crippen molar-refractivity contribution in [1.29, 1.82) is 0 Å². The summed E-state index contributed by atoms with van der Waals surface area (Å²) in [6.07, 6.45) is 0.537. The smallest absolute Gasteiger partial charge is 0.339 e. The van der Waals surface area contributed by atoms with E-state index in [0.29, 0.717) is 12.1 Å². The van der Waals surface area contributed by atoms with E-state index in [1.165, 1.54) is 18.2 Å². The molecule has 1 aromatic carbocycles. The Labute approximate surface area is 111 Å². The average Bonchev–Trinajstić information content (AvgIpc) is 2.30. The Morgan fingerprint density at radius 3 is 2.53 bits per heavy atom. The van der Waals surface area contributed by atoms with Gasteiger partial charge in [-0.05, 0) is 30.5 Å². The van der Waals surface area contributed by atoms with E-state index < -0.39 is 12.0 Å². The van der Waals surface area contributed by atoms with Gasteiger partial charge in [0.05, 0.1) is 6.04 Å². The molecular formula is C13H18N2O4. The van der Waals surface area contributed by atoms with Crippen LogP contribution in [-0.2, 0) is 4.79 Å². The Balaban J connectivity index is 2.80. The molecule has 19 heavy (non-hydrogen) atoms. The fourth-order valence-corrected chi connectivity index (χ4v) is 1.63. The van der Waals surface area contributed by atoms with Gasteiger partial charge in [-0.25, -0.2) is 4.79 Å². The number of carbonyl (C=O) groups excluding carboxylic acids is 1. The number of anilines is 1. The number of hydrogen-bond acceptors (Lipinski definition) is 4. The van der Waals surface area contributed by atoms with Gasteiger partial charge >= 0.3 is 5.97 Å². The van der Waals surface area contributed by atoms with Crippen LogP contribution in [0.25, 0.3) is 0 Å². The molecule has 0 saturated carbocycles. The standard InChI is InChI=1S/C13H18N2O4/c1-7(2)5-10(14)12(17)15-8-3-4-11(16)9(6-8)13(18)19/h3-4,6-7,10,16H,5,14H2,1-2H3,(H,15,17)(H,18,19)/t10-/m0/s1. The molecule has 0 aliphatic carbocycles. The number of nitrogens with one attached hydrogen (secondary N) is 1. The first-order chi connectivity index (χ1) is 8.81. The van der Waals surface area contributed by atoms with E-state index in [9.17, 15) is 14.7 Å². The zero-order valence-electron chi connectivity index (χ0n) is 10.9. The lowest BCUT2D eigenvalue weighted by Crippen LogP contribution is -2.36. The van der Waals surface area contributed by atoms with Crippen LogP contribution in [0.3, 0.4) is 0 Å². The summed E-state index contributed by atoms with van der Waals surface area (Å²) in [7, 11) is 0. The first-order valence-electron chi connectivity index (χ1n) is 5.94. The highest BCUT2D eigenvalue weighted by molar-refractivity contribution is 5.97. The molecule has 0 bridgehead atoms. The lowest BCUT2D eigenvalue weighted by Gasteiger charge is -2.14. The Hall–Kier alpha value is -2.08. The van der Waals surface area contributed by atoms with Crippen molar-refractivity contribution in [2.24, 2.45) is 11.7 Å². The number of phenols is 1. The molecule has 1 aromatic rings. The molecule has 0 fully saturated rings. The molecule has 104 valence electrons. The molecule has 6 nitrogen and oxygen atoms in total. The van der Waals surface area contributed by atoms with E-state index >= 15 is 0 Å². The van der Waals surface area contributed by atoms with E-state index in [2.05, 4.69) is 5.32 Å². The van der Waals surface area contributed by atoms with Crippen LogP contribution >= 0.6 is 0 Å². The van der Waals surface area contributed by atoms with Crippen molar-refractivity contribution in [3.05, 3.63) is 23.8 Å². The molecule has 0 saturated heterocycles. The van der Waals surface area contributed by atoms with Crippen molar-refractivity contribution in [1.82, 2.24) is 0 Å². The molecule has 0 aliphatic heterocycles. The van der Waals surface area contributed by atoms with Gasteiger partial charge in [0.15, 0.2) is 0 Å². The van der Waals surface area contributed by atoms with Crippen LogP contribution in [0.1, 0.15) is 30.6 Å². The largest absolute Gasteiger partial charge is 0.507 e. The van der Waals surface area contributed by atoms with Gasteiger partial charge in [-0.1, -0.05) is 13.8 Å². The van der Waals surface area contributed by atoms with Crippen LogP contribution in [0.2, 0.25) is 0 Å². The van der Waals surface area contributed by atoms with Crippen LogP contribution < -0.4 is 11.1 Å². The predicted octanol–water partition coefficient (Wildman–Crippen LogP) is 1.40. The molecule has 0 spiro atoms. The number of rotatable bonds is 5. The molecule has 1 rings (SSSR count). The predicted molar refractivity (Wildman–Crippen MR) is 71.1 cm³/mol. The van der Waals surface area contributed by atoms with Crippen molar-refractivity contribution in [3.63, 3.8) is 0 Å². The van der Waals surface area contributed by atoms with Crippen LogP contribution in [0.5, 0.6) is 5.75 Å². The Morgan fingerprint density at radius 2 is 2.00 bits per heavy atom. The summed E-state index contributed by atoms with van der Waals surface area (Å²) in [5, 5.41) is 20.7. The Kier molecular flexibility index (Phi) is 4.88. The van der Waals surface area contributed by atoms with Crippen LogP contribution in [-0.4, -0.2) is 28.1 Å². The van der Waals surface area contributed by atoms with Gasteiger partial charge in [-0.3, -0.25) is 4.79 Å². The Bertz CT molecular complexity index is 486. The second kappa shape index (κ2) is 6.19. The minimum Gasteiger partial charge on any atom is -0.507 e. The van der Waals surface area contributed by atoms with Gasteiger partial charge in [0.2, 0.25) is 5.91 Å². The lowest BCUT2D eigenvalue weighted by atomic mass is 10.0. The fourth-order valence-electron chi connectivity index (χ4n) is 1.63. The fraction of sp³-hybridized carbons (Fsp3) is 0.385. The van der Waals surface area contributed by atoms with E-state index in [4.69, 9.17) is 10.8 Å². The molecule has 0 aliphatic rings. The summed E-state index contributed by atoms with van der Waals surface area (Å²) in [4.78, 5) is 22.6. The van der Waals surface area contributed by atoms with Gasteiger partial charge in [0, 0.05) is 5.69 Å². The maximum atomic E-state index is 11.8. The highest BCUT2D eigenvalue weighted by atomic mass is 16.4. The number of aromatic hydroxyl groups is 1. The summed E-state index contributed by atoms with van der Waals surface area (Å²) in [6, 6.07) is 3.18. The third-order valence-corrected chi connectivity index (χ3v) is 2.56. The number of nitrogens with two attached hydrogens (primary N) is 1. The maximum Gasteiger partial charge on any atom is 0.339 e. The third kappa shape index (κ3) is 4.26. The number of aromatic carboxylic acids is 1. The quantitative estimate of drug-likeness (QED) is 0.602. The number of carboxylic acids is 1. The molecule has 0 heterocycles. The molecule has 0 aromatic heterocycles. The Morgan fingerprint density at radius 1 is 1.37 bits per heavy atom. The summed E-state index contributed by atoms with van der Waals surface area (Å²) in [5.41, 5.74) is 5.74. The minimum atomic E-state index is -1.26. The van der Waals surface area contributed by atoms with Crippen molar-refractivity contribution in [2.75, 3.05) is 5.32 Å². The second-order valence-electron chi connectivity index (χ2n) is 4.76. The number of benzene rings is 1. The zero-order valence-corrected chi connectivity index (χ0v) is 10.9. The van der Waals surface area contributed by atoms with Gasteiger partial charge < -0.3 is 21.3 Å². The van der Waals surface area contributed by atoms with Crippen molar-refractivity contribution < 1.29 is 19.8 Å². The van der Waals surface area contributed by atoms with Crippen molar-refractivity contribution in [3.8, 4) is 5.75 Å². The normalized spacial score (nSPS) is 12.2. The van der Waals surface area contributed by atoms with Crippen LogP contribution in [0.4, 0.5) is 5.69 Å². The first kappa shape index (κ1) is 15.0. The highest BCUT2D eigenvalue weighted by Crippen LogP contribution is 2.21. The lowest BCUT2D eigenvalue weighted by molar-refractivity contribution is -0.117. The number of amides is 1. The molecule has 0 radical (unpaired) electrons. The minimum absolute atomic E-state index is 0.268. The van der Waals surface area contributed by atoms with Crippen LogP contribution in [0, 0.1) is 5.92 Å². The van der Waals surface area contributed by atoms with Crippen LogP contribution in [0.15, 0.2) is 18.2 Å². The van der Waals surface area contributed by atoms with Crippen molar-refractivity contribution in [2.45, 2.75) is 26.3 Å². The molecule has 5 N–H and O–H groups in total. The average molecular weight is 266 g/mol. The monoisotopic (exact) mass is 266 g/mol. The number of hydrogen-bond donors (Lipinski definition) is 4. The SMILES string of the molecule is CC(C)C[C@H](N)C(=O)Nc1ccc(O)c(C(=O)O)c1.